The first-order valence-electron chi connectivity index (χ1n) is 5.98. The highest BCUT2D eigenvalue weighted by Crippen LogP contribution is 2.31. The predicted octanol–water partition coefficient (Wildman–Crippen LogP) is -0.531. The quantitative estimate of drug-likeness (QED) is 0.596. The number of fused-ring (bicyclic) bond motifs is 1. The van der Waals surface area contributed by atoms with Gasteiger partial charge in [-0.1, -0.05) is 6.42 Å². The zero-order valence-corrected chi connectivity index (χ0v) is 9.63. The van der Waals surface area contributed by atoms with Crippen molar-refractivity contribution in [1.82, 2.24) is 5.32 Å². The Balaban J connectivity index is 2.13. The lowest BCUT2D eigenvalue weighted by atomic mass is 9.84. The number of rotatable bonds is 2. The van der Waals surface area contributed by atoms with Gasteiger partial charge in [0.15, 0.2) is 6.29 Å². The Labute approximate surface area is 95.7 Å². The molecule has 0 unspecified atom stereocenters. The lowest BCUT2D eigenvalue weighted by Gasteiger charge is -2.43. The molecule has 5 atom stereocenters. The van der Waals surface area contributed by atoms with Crippen molar-refractivity contribution in [3.63, 3.8) is 0 Å². The van der Waals surface area contributed by atoms with Gasteiger partial charge in [0.2, 0.25) is 0 Å². The molecule has 3 N–H and O–H groups in total. The molecule has 2 fully saturated rings. The number of nitrogens with one attached hydrogen (secondary N) is 1. The average molecular weight is 231 g/mol. The van der Waals surface area contributed by atoms with E-state index in [9.17, 15) is 10.2 Å². The topological polar surface area (TPSA) is 71.0 Å². The third-order valence-corrected chi connectivity index (χ3v) is 3.64. The smallest absolute Gasteiger partial charge is 0.173 e. The summed E-state index contributed by atoms with van der Waals surface area (Å²) < 4.78 is 10.8. The van der Waals surface area contributed by atoms with E-state index in [4.69, 9.17) is 9.47 Å². The van der Waals surface area contributed by atoms with Crippen molar-refractivity contribution in [2.24, 2.45) is 5.92 Å². The van der Waals surface area contributed by atoms with Gasteiger partial charge in [0.05, 0.1) is 18.8 Å². The number of aliphatic hydroxyl groups excluding tert-OH is 2. The normalized spacial score (nSPS) is 44.8. The molecule has 0 bridgehead atoms. The molecular weight excluding hydrogens is 210 g/mol. The van der Waals surface area contributed by atoms with Crippen molar-refractivity contribution in [3.8, 4) is 0 Å². The van der Waals surface area contributed by atoms with E-state index in [1.165, 1.54) is 0 Å². The maximum atomic E-state index is 10.1. The molecule has 16 heavy (non-hydrogen) atoms. The van der Waals surface area contributed by atoms with E-state index in [2.05, 4.69) is 5.32 Å². The van der Waals surface area contributed by atoms with Crippen LogP contribution in [-0.4, -0.2) is 55.0 Å². The van der Waals surface area contributed by atoms with Crippen molar-refractivity contribution < 1.29 is 19.7 Å². The molecule has 94 valence electrons. The maximum absolute atomic E-state index is 10.1. The van der Waals surface area contributed by atoms with Gasteiger partial charge >= 0.3 is 0 Å². The number of methoxy groups -OCH3 is 1. The predicted molar refractivity (Wildman–Crippen MR) is 57.9 cm³/mol. The Hall–Kier alpha value is -0.200. The molecule has 0 radical (unpaired) electrons. The van der Waals surface area contributed by atoms with Crippen LogP contribution < -0.4 is 5.32 Å². The Bertz CT molecular complexity index is 226. The molecule has 0 saturated carbocycles. The van der Waals surface area contributed by atoms with E-state index in [1.807, 2.05) is 0 Å². The van der Waals surface area contributed by atoms with Gasteiger partial charge in [-0.15, -0.1) is 0 Å². The second-order valence-electron chi connectivity index (χ2n) is 4.59. The first kappa shape index (κ1) is 12.3. The Morgan fingerprint density at radius 1 is 1.44 bits per heavy atom. The molecular formula is C11H21NO4. The number of aliphatic hydroxyl groups is 2. The van der Waals surface area contributed by atoms with Crippen LogP contribution in [0.3, 0.4) is 0 Å². The van der Waals surface area contributed by atoms with Crippen molar-refractivity contribution >= 4 is 0 Å². The first-order valence-corrected chi connectivity index (χ1v) is 5.98. The summed E-state index contributed by atoms with van der Waals surface area (Å²) in [7, 11) is 1.60. The fraction of sp³-hybridized carbons (Fsp3) is 1.00. The van der Waals surface area contributed by atoms with Crippen molar-refractivity contribution in [2.45, 2.75) is 43.8 Å². The number of hydrogen-bond acceptors (Lipinski definition) is 5. The van der Waals surface area contributed by atoms with Gasteiger partial charge < -0.3 is 25.0 Å². The van der Waals surface area contributed by atoms with Crippen LogP contribution in [-0.2, 0) is 9.47 Å². The van der Waals surface area contributed by atoms with Crippen LogP contribution in [0.4, 0.5) is 0 Å². The number of hydrogen-bond donors (Lipinski definition) is 3. The highest BCUT2D eigenvalue weighted by atomic mass is 16.7. The van der Waals surface area contributed by atoms with Crippen LogP contribution in [0, 0.1) is 5.92 Å². The molecule has 2 aliphatic heterocycles. The van der Waals surface area contributed by atoms with Crippen molar-refractivity contribution in [3.05, 3.63) is 0 Å². The Morgan fingerprint density at radius 3 is 2.94 bits per heavy atom. The van der Waals surface area contributed by atoms with E-state index >= 15 is 0 Å². The molecule has 2 heterocycles. The van der Waals surface area contributed by atoms with Gasteiger partial charge in [0.25, 0.3) is 0 Å². The van der Waals surface area contributed by atoms with Crippen LogP contribution in [0.25, 0.3) is 0 Å². The van der Waals surface area contributed by atoms with E-state index < -0.39 is 12.2 Å². The zero-order chi connectivity index (χ0) is 11.5. The van der Waals surface area contributed by atoms with Gasteiger partial charge in [0, 0.05) is 13.0 Å². The van der Waals surface area contributed by atoms with Crippen LogP contribution in [0.5, 0.6) is 0 Å². The fourth-order valence-electron chi connectivity index (χ4n) is 2.75. The van der Waals surface area contributed by atoms with E-state index in [0.717, 1.165) is 25.8 Å². The molecule has 5 heteroatoms. The third-order valence-electron chi connectivity index (χ3n) is 3.64. The minimum absolute atomic E-state index is 0.0327. The van der Waals surface area contributed by atoms with Gasteiger partial charge in [-0.3, -0.25) is 0 Å². The van der Waals surface area contributed by atoms with E-state index in [1.54, 1.807) is 7.11 Å². The first-order chi connectivity index (χ1) is 7.77. The molecule has 2 saturated heterocycles. The Morgan fingerprint density at radius 2 is 2.25 bits per heavy atom. The summed E-state index contributed by atoms with van der Waals surface area (Å²) in [5.41, 5.74) is 0. The molecule has 2 rings (SSSR count). The molecule has 2 aliphatic rings. The monoisotopic (exact) mass is 231 g/mol. The second-order valence-corrected chi connectivity index (χ2v) is 4.59. The molecule has 5 nitrogen and oxygen atoms in total. The number of ether oxygens (including phenoxy) is 2. The van der Waals surface area contributed by atoms with E-state index in [0.29, 0.717) is 0 Å². The molecule has 0 spiro atoms. The summed E-state index contributed by atoms with van der Waals surface area (Å²) in [5, 5.41) is 22.7. The van der Waals surface area contributed by atoms with Crippen LogP contribution in [0.1, 0.15) is 19.3 Å². The lowest BCUT2D eigenvalue weighted by molar-refractivity contribution is -0.250. The molecule has 0 aliphatic carbocycles. The van der Waals surface area contributed by atoms with Crippen LogP contribution >= 0.6 is 0 Å². The summed E-state index contributed by atoms with van der Waals surface area (Å²) in [5.74, 6) is 0.110. The lowest BCUT2D eigenvalue weighted by Crippen LogP contribution is -2.60. The maximum Gasteiger partial charge on any atom is 0.173 e. The van der Waals surface area contributed by atoms with Crippen LogP contribution in [0.2, 0.25) is 0 Å². The van der Waals surface area contributed by atoms with Crippen molar-refractivity contribution in [1.29, 1.82) is 0 Å². The largest absolute Gasteiger partial charge is 0.394 e. The zero-order valence-electron chi connectivity index (χ0n) is 9.63. The summed E-state index contributed by atoms with van der Waals surface area (Å²) >= 11 is 0. The minimum Gasteiger partial charge on any atom is -0.394 e. The summed E-state index contributed by atoms with van der Waals surface area (Å²) in [4.78, 5) is 0. The average Bonchev–Trinajstić information content (AvgIpc) is 2.56. The van der Waals surface area contributed by atoms with Gasteiger partial charge in [-0.25, -0.2) is 0 Å². The standard InChI is InChI=1S/C11H21NO4/c1-15-11-9-7(4-2-3-5-12-9)10(14)8(6-13)16-11/h7-14H,2-6H2,1H3/t7-,8-,9-,10+,11+/m1/s1. The minimum atomic E-state index is -0.605. The van der Waals surface area contributed by atoms with E-state index in [-0.39, 0.29) is 24.9 Å². The third kappa shape index (κ3) is 2.24. The summed E-state index contributed by atoms with van der Waals surface area (Å²) in [6, 6.07) is 0.0327. The second kappa shape index (κ2) is 5.42. The van der Waals surface area contributed by atoms with Crippen LogP contribution in [0.15, 0.2) is 0 Å². The van der Waals surface area contributed by atoms with Crippen molar-refractivity contribution in [2.75, 3.05) is 20.3 Å². The molecule has 0 aromatic heterocycles. The SMILES string of the molecule is CO[C@H]1O[C@H](CO)[C@@H](O)[C@@H]2CCCCN[C@@H]12. The molecule has 0 amide bonds. The highest BCUT2D eigenvalue weighted by molar-refractivity contribution is 4.94. The Kier molecular flexibility index (Phi) is 4.16. The highest BCUT2D eigenvalue weighted by Gasteiger charge is 2.45. The van der Waals surface area contributed by atoms with Gasteiger partial charge in [0.1, 0.15) is 6.10 Å². The molecule has 0 aromatic rings. The summed E-state index contributed by atoms with van der Waals surface area (Å²) in [6.45, 7) is 0.769. The summed E-state index contributed by atoms with van der Waals surface area (Å²) in [6.07, 6.45) is 1.67. The fourth-order valence-corrected chi connectivity index (χ4v) is 2.75. The van der Waals surface area contributed by atoms with Gasteiger partial charge in [-0.05, 0) is 19.4 Å². The van der Waals surface area contributed by atoms with Gasteiger partial charge in [-0.2, -0.15) is 0 Å². The molecule has 0 aromatic carbocycles.